The third-order valence-corrected chi connectivity index (χ3v) is 6.26. The van der Waals surface area contributed by atoms with Crippen LogP contribution in [0.25, 0.3) is 0 Å². The fraction of sp³-hybridized carbons (Fsp3) is 0.765. The van der Waals surface area contributed by atoms with E-state index in [4.69, 9.17) is 4.74 Å². The van der Waals surface area contributed by atoms with E-state index in [0.29, 0.717) is 5.92 Å². The fourth-order valence-corrected chi connectivity index (χ4v) is 4.46. The lowest BCUT2D eigenvalue weighted by Crippen LogP contribution is -2.63. The van der Waals surface area contributed by atoms with Gasteiger partial charge in [-0.15, -0.1) is 0 Å². The number of ether oxygens (including phenoxy) is 1. The van der Waals surface area contributed by atoms with Gasteiger partial charge in [0.1, 0.15) is 5.78 Å². The molecule has 0 aromatic heterocycles. The zero-order valence-electron chi connectivity index (χ0n) is 12.8. The minimum absolute atomic E-state index is 0.0308. The summed E-state index contributed by atoms with van der Waals surface area (Å²) in [6.45, 7) is 8.25. The first kappa shape index (κ1) is 14.0. The third kappa shape index (κ3) is 1.68. The molecule has 2 aliphatic carbocycles. The molecule has 0 bridgehead atoms. The first-order valence-electron chi connectivity index (χ1n) is 7.77. The largest absolute Gasteiger partial charge is 0.373 e. The normalized spacial score (nSPS) is 51.6. The molecule has 20 heavy (non-hydrogen) atoms. The van der Waals surface area contributed by atoms with Crippen molar-refractivity contribution < 1.29 is 14.3 Å². The number of rotatable bonds is 0. The molecule has 1 saturated carbocycles. The van der Waals surface area contributed by atoms with Crippen molar-refractivity contribution in [3.05, 3.63) is 12.2 Å². The molecule has 110 valence electrons. The van der Waals surface area contributed by atoms with Crippen molar-refractivity contribution >= 4 is 11.6 Å². The standard InChI is InChI=1S/C17H24O3/c1-9-8-14-17(4,16(19)10(9)2)11(3)15-12(18)6-5-7-13(15)20-14/h5-6,9-11,13-15H,7-8H2,1-4H3. The van der Waals surface area contributed by atoms with E-state index in [9.17, 15) is 9.59 Å². The van der Waals surface area contributed by atoms with Crippen molar-refractivity contribution in [2.75, 3.05) is 0 Å². The molecular weight excluding hydrogens is 252 g/mol. The number of allylic oxidation sites excluding steroid dienone is 1. The number of ketones is 2. The Hall–Kier alpha value is -0.960. The average Bonchev–Trinajstić information content (AvgIpc) is 2.41. The highest BCUT2D eigenvalue weighted by atomic mass is 16.5. The third-order valence-electron chi connectivity index (χ3n) is 6.26. The van der Waals surface area contributed by atoms with Crippen LogP contribution in [0, 0.1) is 29.1 Å². The number of Topliss-reactive ketones (excluding diaryl/α,β-unsaturated/α-hetero) is 1. The zero-order chi connectivity index (χ0) is 14.7. The van der Waals surface area contributed by atoms with Crippen LogP contribution in [0.5, 0.6) is 0 Å². The van der Waals surface area contributed by atoms with Gasteiger partial charge in [0.2, 0.25) is 0 Å². The van der Waals surface area contributed by atoms with Crippen LogP contribution >= 0.6 is 0 Å². The monoisotopic (exact) mass is 276 g/mol. The second kappa shape index (κ2) is 4.52. The maximum absolute atomic E-state index is 12.9. The Bertz CT molecular complexity index is 481. The molecule has 3 aliphatic rings. The van der Waals surface area contributed by atoms with Gasteiger partial charge in [-0.25, -0.2) is 0 Å². The molecule has 3 heteroatoms. The average molecular weight is 276 g/mol. The number of hydrogen-bond acceptors (Lipinski definition) is 3. The van der Waals surface area contributed by atoms with Crippen molar-refractivity contribution in [2.24, 2.45) is 29.1 Å². The summed E-state index contributed by atoms with van der Waals surface area (Å²) in [5.41, 5.74) is -0.506. The summed E-state index contributed by atoms with van der Waals surface area (Å²) in [6.07, 6.45) is 5.24. The summed E-state index contributed by atoms with van der Waals surface area (Å²) in [7, 11) is 0. The van der Waals surface area contributed by atoms with E-state index in [-0.39, 0.29) is 41.5 Å². The summed E-state index contributed by atoms with van der Waals surface area (Å²) in [4.78, 5) is 25.1. The number of carbonyl (C=O) groups is 2. The van der Waals surface area contributed by atoms with E-state index in [0.717, 1.165) is 12.8 Å². The van der Waals surface area contributed by atoms with Crippen LogP contribution < -0.4 is 0 Å². The quantitative estimate of drug-likeness (QED) is 0.683. The second-order valence-corrected chi connectivity index (χ2v) is 7.17. The molecule has 1 heterocycles. The van der Waals surface area contributed by atoms with Gasteiger partial charge in [-0.3, -0.25) is 9.59 Å². The first-order chi connectivity index (χ1) is 9.37. The number of fused-ring (bicyclic) bond motifs is 2. The van der Waals surface area contributed by atoms with Crippen LogP contribution in [-0.4, -0.2) is 23.8 Å². The van der Waals surface area contributed by atoms with Crippen LogP contribution in [-0.2, 0) is 14.3 Å². The fourth-order valence-electron chi connectivity index (χ4n) is 4.46. The van der Waals surface area contributed by atoms with E-state index in [1.165, 1.54) is 0 Å². The summed E-state index contributed by atoms with van der Waals surface area (Å²) >= 11 is 0. The molecule has 7 atom stereocenters. The number of carbonyl (C=O) groups excluding carboxylic acids is 2. The van der Waals surface area contributed by atoms with E-state index >= 15 is 0 Å². The Morgan fingerprint density at radius 2 is 1.95 bits per heavy atom. The Kier molecular flexibility index (Phi) is 3.16. The molecule has 2 fully saturated rings. The number of hydrogen-bond donors (Lipinski definition) is 0. The van der Waals surface area contributed by atoms with Gasteiger partial charge in [-0.05, 0) is 37.7 Å². The van der Waals surface area contributed by atoms with Gasteiger partial charge in [0.15, 0.2) is 5.78 Å². The van der Waals surface area contributed by atoms with Crippen LogP contribution in [0.2, 0.25) is 0 Å². The van der Waals surface area contributed by atoms with Gasteiger partial charge in [0, 0.05) is 5.92 Å². The SMILES string of the molecule is CC1CC2OC3CC=CC(=O)C3C(C)C2(C)C(=O)C1C. The molecule has 7 unspecified atom stereocenters. The maximum atomic E-state index is 12.9. The van der Waals surface area contributed by atoms with Gasteiger partial charge in [-0.1, -0.05) is 26.8 Å². The van der Waals surface area contributed by atoms with E-state index in [2.05, 4.69) is 13.8 Å². The van der Waals surface area contributed by atoms with Crippen molar-refractivity contribution in [2.45, 2.75) is 52.7 Å². The molecule has 0 aromatic rings. The molecule has 0 amide bonds. The molecule has 0 N–H and O–H groups in total. The highest BCUT2D eigenvalue weighted by Gasteiger charge is 2.60. The van der Waals surface area contributed by atoms with Gasteiger partial charge >= 0.3 is 0 Å². The lowest BCUT2D eigenvalue weighted by molar-refractivity contribution is -0.206. The lowest BCUT2D eigenvalue weighted by atomic mass is 9.54. The predicted octanol–water partition coefficient (Wildman–Crippen LogP) is 2.79. The Morgan fingerprint density at radius 3 is 2.65 bits per heavy atom. The van der Waals surface area contributed by atoms with Crippen molar-refractivity contribution in [1.29, 1.82) is 0 Å². The molecule has 3 rings (SSSR count). The van der Waals surface area contributed by atoms with Crippen molar-refractivity contribution in [3.8, 4) is 0 Å². The van der Waals surface area contributed by atoms with Crippen molar-refractivity contribution in [3.63, 3.8) is 0 Å². The first-order valence-corrected chi connectivity index (χ1v) is 7.77. The Balaban J connectivity index is 2.01. The van der Waals surface area contributed by atoms with Gasteiger partial charge in [0.25, 0.3) is 0 Å². The van der Waals surface area contributed by atoms with Crippen LogP contribution in [0.4, 0.5) is 0 Å². The van der Waals surface area contributed by atoms with E-state index < -0.39 is 5.41 Å². The summed E-state index contributed by atoms with van der Waals surface area (Å²) < 4.78 is 6.23. The minimum atomic E-state index is -0.506. The topological polar surface area (TPSA) is 43.4 Å². The molecule has 0 radical (unpaired) electrons. The van der Waals surface area contributed by atoms with Crippen LogP contribution in [0.15, 0.2) is 12.2 Å². The predicted molar refractivity (Wildman–Crippen MR) is 76.1 cm³/mol. The lowest BCUT2D eigenvalue weighted by Gasteiger charge is -2.56. The molecule has 0 aromatic carbocycles. The van der Waals surface area contributed by atoms with Crippen LogP contribution in [0.1, 0.15) is 40.5 Å². The summed E-state index contributed by atoms with van der Waals surface area (Å²) in [6, 6.07) is 0. The van der Waals surface area contributed by atoms with Gasteiger partial charge in [-0.2, -0.15) is 0 Å². The highest BCUT2D eigenvalue weighted by molar-refractivity contribution is 5.95. The molecule has 0 spiro atoms. The smallest absolute Gasteiger partial charge is 0.161 e. The maximum Gasteiger partial charge on any atom is 0.161 e. The van der Waals surface area contributed by atoms with Crippen LogP contribution in [0.3, 0.4) is 0 Å². The second-order valence-electron chi connectivity index (χ2n) is 7.17. The summed E-state index contributed by atoms with van der Waals surface area (Å²) in [5, 5.41) is 0. The van der Waals surface area contributed by atoms with Gasteiger partial charge < -0.3 is 4.74 Å². The Labute approximate surface area is 120 Å². The molecule has 3 nitrogen and oxygen atoms in total. The minimum Gasteiger partial charge on any atom is -0.373 e. The highest BCUT2D eigenvalue weighted by Crippen LogP contribution is 2.53. The molecular formula is C17H24O3. The van der Waals surface area contributed by atoms with E-state index in [1.807, 2.05) is 19.9 Å². The van der Waals surface area contributed by atoms with Crippen molar-refractivity contribution in [1.82, 2.24) is 0 Å². The van der Waals surface area contributed by atoms with E-state index in [1.54, 1.807) is 6.08 Å². The molecule has 1 saturated heterocycles. The Morgan fingerprint density at radius 1 is 1.25 bits per heavy atom. The summed E-state index contributed by atoms with van der Waals surface area (Å²) in [5.74, 6) is 0.756. The van der Waals surface area contributed by atoms with Gasteiger partial charge in [0.05, 0.1) is 23.5 Å². The zero-order valence-corrected chi connectivity index (χ0v) is 12.8. The molecule has 1 aliphatic heterocycles.